The molecule has 0 bridgehead atoms. The molecule has 0 aromatic carbocycles. The van der Waals surface area contributed by atoms with E-state index in [0.29, 0.717) is 0 Å². The number of rotatable bonds is 3. The number of carboxylic acid groups (broad SMARTS) is 1. The van der Waals surface area contributed by atoms with Gasteiger partial charge in [0.2, 0.25) is 0 Å². The molecule has 1 aromatic heterocycles. The van der Waals surface area contributed by atoms with Crippen molar-refractivity contribution < 1.29 is 9.90 Å². The zero-order chi connectivity index (χ0) is 10.9. The summed E-state index contributed by atoms with van der Waals surface area (Å²) in [5.41, 5.74) is 1.67. The quantitative estimate of drug-likeness (QED) is 0.796. The van der Waals surface area contributed by atoms with Crippen LogP contribution >= 0.6 is 0 Å². The van der Waals surface area contributed by atoms with Gasteiger partial charge in [0.15, 0.2) is 0 Å². The molecule has 0 amide bonds. The zero-order valence-electron chi connectivity index (χ0n) is 9.03. The van der Waals surface area contributed by atoms with Crippen LogP contribution < -0.4 is 0 Å². The van der Waals surface area contributed by atoms with Gasteiger partial charge in [0, 0.05) is 18.2 Å². The van der Waals surface area contributed by atoms with E-state index in [0.717, 1.165) is 11.3 Å². The van der Waals surface area contributed by atoms with Crippen molar-refractivity contribution in [3.05, 3.63) is 17.5 Å². The number of hydrogen-bond donors (Lipinski definition) is 1. The summed E-state index contributed by atoms with van der Waals surface area (Å²) in [5, 5.41) is 12.9. The Labute approximate surface area is 83.5 Å². The minimum atomic E-state index is -0.779. The molecule has 0 unspecified atom stereocenters. The van der Waals surface area contributed by atoms with Gasteiger partial charge >= 0.3 is 5.97 Å². The van der Waals surface area contributed by atoms with E-state index in [1.165, 1.54) is 0 Å². The van der Waals surface area contributed by atoms with Gasteiger partial charge in [-0.3, -0.25) is 9.48 Å². The van der Waals surface area contributed by atoms with Crippen LogP contribution in [0.25, 0.3) is 0 Å². The Balaban J connectivity index is 3.03. The highest BCUT2D eigenvalue weighted by Crippen LogP contribution is 2.28. The Kier molecular flexibility index (Phi) is 2.64. The molecule has 0 aliphatic rings. The second kappa shape index (κ2) is 3.44. The maximum Gasteiger partial charge on any atom is 0.304 e. The molecule has 4 nitrogen and oxygen atoms in total. The number of nitrogens with zero attached hydrogens (tertiary/aromatic N) is 2. The van der Waals surface area contributed by atoms with Crippen molar-refractivity contribution in [1.82, 2.24) is 9.78 Å². The highest BCUT2D eigenvalue weighted by Gasteiger charge is 2.27. The third kappa shape index (κ3) is 1.95. The van der Waals surface area contributed by atoms with Crippen LogP contribution in [-0.4, -0.2) is 20.9 Å². The average molecular weight is 196 g/mol. The first kappa shape index (κ1) is 10.8. The molecule has 1 N–H and O–H groups in total. The maximum absolute atomic E-state index is 10.7. The van der Waals surface area contributed by atoms with Gasteiger partial charge in [-0.05, 0) is 12.5 Å². The van der Waals surface area contributed by atoms with Crippen molar-refractivity contribution in [1.29, 1.82) is 0 Å². The molecule has 4 heteroatoms. The Hall–Kier alpha value is -1.32. The van der Waals surface area contributed by atoms with Crippen molar-refractivity contribution >= 4 is 5.97 Å². The van der Waals surface area contributed by atoms with Crippen LogP contribution in [0.4, 0.5) is 0 Å². The number of carboxylic acids is 1. The first-order chi connectivity index (χ1) is 6.34. The lowest BCUT2D eigenvalue weighted by molar-refractivity contribution is -0.138. The van der Waals surface area contributed by atoms with Gasteiger partial charge in [-0.15, -0.1) is 0 Å². The predicted octanol–water partition coefficient (Wildman–Crippen LogP) is 1.48. The van der Waals surface area contributed by atoms with Crippen molar-refractivity contribution in [2.24, 2.45) is 7.05 Å². The van der Waals surface area contributed by atoms with Crippen LogP contribution in [0.3, 0.4) is 0 Å². The fourth-order valence-corrected chi connectivity index (χ4v) is 1.64. The van der Waals surface area contributed by atoms with E-state index in [1.807, 2.05) is 27.8 Å². The van der Waals surface area contributed by atoms with Gasteiger partial charge in [-0.2, -0.15) is 5.10 Å². The smallest absolute Gasteiger partial charge is 0.304 e. The monoisotopic (exact) mass is 196 g/mol. The molecule has 0 fully saturated rings. The molecule has 0 spiro atoms. The molecule has 1 rings (SSSR count). The highest BCUT2D eigenvalue weighted by atomic mass is 16.4. The van der Waals surface area contributed by atoms with Crippen molar-refractivity contribution in [3.63, 3.8) is 0 Å². The van der Waals surface area contributed by atoms with Crippen LogP contribution in [0.5, 0.6) is 0 Å². The van der Waals surface area contributed by atoms with Crippen LogP contribution in [-0.2, 0) is 17.3 Å². The van der Waals surface area contributed by atoms with E-state index in [-0.39, 0.29) is 11.8 Å². The van der Waals surface area contributed by atoms with Gasteiger partial charge < -0.3 is 5.11 Å². The summed E-state index contributed by atoms with van der Waals surface area (Å²) < 4.78 is 1.76. The number of carbonyl (C=O) groups is 1. The summed E-state index contributed by atoms with van der Waals surface area (Å²) >= 11 is 0. The first-order valence-electron chi connectivity index (χ1n) is 4.55. The summed E-state index contributed by atoms with van der Waals surface area (Å²) in [6.45, 7) is 5.79. The number of hydrogen-bond acceptors (Lipinski definition) is 2. The lowest BCUT2D eigenvalue weighted by Gasteiger charge is -2.22. The molecule has 0 saturated carbocycles. The highest BCUT2D eigenvalue weighted by molar-refractivity contribution is 5.68. The van der Waals surface area contributed by atoms with Gasteiger partial charge in [0.05, 0.1) is 12.6 Å². The summed E-state index contributed by atoms with van der Waals surface area (Å²) in [7, 11) is 1.86. The molecule has 0 saturated heterocycles. The van der Waals surface area contributed by atoms with Crippen LogP contribution in [0.15, 0.2) is 6.20 Å². The summed E-state index contributed by atoms with van der Waals surface area (Å²) in [6.07, 6.45) is 1.87. The van der Waals surface area contributed by atoms with Crippen LogP contribution in [0.2, 0.25) is 0 Å². The minimum Gasteiger partial charge on any atom is -0.481 e. The summed E-state index contributed by atoms with van der Waals surface area (Å²) in [5.74, 6) is -0.779. The third-order valence-electron chi connectivity index (χ3n) is 2.56. The Morgan fingerprint density at radius 1 is 1.64 bits per heavy atom. The first-order valence-corrected chi connectivity index (χ1v) is 4.55. The fraction of sp³-hybridized carbons (Fsp3) is 0.600. The molecular formula is C10H16N2O2. The topological polar surface area (TPSA) is 55.1 Å². The third-order valence-corrected chi connectivity index (χ3v) is 2.56. The van der Waals surface area contributed by atoms with Crippen LogP contribution in [0.1, 0.15) is 31.5 Å². The predicted molar refractivity (Wildman–Crippen MR) is 53.2 cm³/mol. The number of aliphatic carboxylic acids is 1. The van der Waals surface area contributed by atoms with Crippen molar-refractivity contribution in [2.75, 3.05) is 0 Å². The Morgan fingerprint density at radius 3 is 2.57 bits per heavy atom. The second-order valence-electron chi connectivity index (χ2n) is 4.22. The van der Waals surface area contributed by atoms with Gasteiger partial charge in [0.25, 0.3) is 0 Å². The van der Waals surface area contributed by atoms with Gasteiger partial charge in [-0.25, -0.2) is 0 Å². The van der Waals surface area contributed by atoms with Gasteiger partial charge in [0.1, 0.15) is 0 Å². The van der Waals surface area contributed by atoms with Crippen LogP contribution in [0, 0.1) is 6.92 Å². The molecule has 1 heterocycles. The van der Waals surface area contributed by atoms with E-state index in [9.17, 15) is 4.79 Å². The summed E-state index contributed by atoms with van der Waals surface area (Å²) in [6, 6.07) is 0. The van der Waals surface area contributed by atoms with E-state index in [4.69, 9.17) is 5.11 Å². The SMILES string of the molecule is Cc1c(C(C)(C)CC(=O)O)cnn1C. The number of aromatic nitrogens is 2. The normalized spacial score (nSPS) is 11.7. The minimum absolute atomic E-state index is 0.125. The standard InChI is InChI=1S/C10H16N2O2/c1-7-8(6-11-12(7)4)10(2,3)5-9(13)14/h6H,5H2,1-4H3,(H,13,14). The molecule has 0 radical (unpaired) electrons. The van der Waals surface area contributed by atoms with Gasteiger partial charge in [-0.1, -0.05) is 13.8 Å². The largest absolute Gasteiger partial charge is 0.481 e. The Morgan fingerprint density at radius 2 is 2.21 bits per heavy atom. The summed E-state index contributed by atoms with van der Waals surface area (Å²) in [4.78, 5) is 10.7. The maximum atomic E-state index is 10.7. The lowest BCUT2D eigenvalue weighted by atomic mass is 9.82. The van der Waals surface area contributed by atoms with E-state index in [2.05, 4.69) is 5.10 Å². The zero-order valence-corrected chi connectivity index (χ0v) is 9.03. The molecule has 0 aliphatic heterocycles. The van der Waals surface area contributed by atoms with Crippen molar-refractivity contribution in [3.8, 4) is 0 Å². The van der Waals surface area contributed by atoms with Crippen molar-refractivity contribution in [2.45, 2.75) is 32.6 Å². The molecule has 0 aliphatic carbocycles. The fourth-order valence-electron chi connectivity index (χ4n) is 1.64. The number of aryl methyl sites for hydroxylation is 1. The lowest BCUT2D eigenvalue weighted by Crippen LogP contribution is -2.22. The molecule has 14 heavy (non-hydrogen) atoms. The molecule has 0 atom stereocenters. The van der Waals surface area contributed by atoms with E-state index in [1.54, 1.807) is 10.9 Å². The second-order valence-corrected chi connectivity index (χ2v) is 4.22. The Bertz CT molecular complexity index is 353. The average Bonchev–Trinajstić information content (AvgIpc) is 2.30. The molecule has 78 valence electrons. The molecular weight excluding hydrogens is 180 g/mol. The van der Waals surface area contributed by atoms with E-state index < -0.39 is 5.97 Å². The molecule has 1 aromatic rings. The van der Waals surface area contributed by atoms with E-state index >= 15 is 0 Å².